The first-order chi connectivity index (χ1) is 13.1. The van der Waals surface area contributed by atoms with E-state index in [1.54, 1.807) is 0 Å². The second-order valence-electron chi connectivity index (χ2n) is 5.02. The molecule has 27 heavy (non-hydrogen) atoms. The first kappa shape index (κ1) is 19.2. The molecule has 2 amide bonds. The molecule has 9 nitrogen and oxygen atoms in total. The largest absolute Gasteiger partial charge is 0.444 e. The molecular formula is C15H14N6O3S3. The summed E-state index contributed by atoms with van der Waals surface area (Å²) in [7, 11) is 0. The zero-order valence-electron chi connectivity index (χ0n) is 14.0. The highest BCUT2D eigenvalue weighted by Crippen LogP contribution is 2.26. The second kappa shape index (κ2) is 9.39. The summed E-state index contributed by atoms with van der Waals surface area (Å²) in [5.74, 6) is -0.0748. The lowest BCUT2D eigenvalue weighted by atomic mass is 10.2. The Labute approximate surface area is 166 Å². The number of anilines is 2. The van der Waals surface area contributed by atoms with Gasteiger partial charge in [0.25, 0.3) is 0 Å². The molecule has 0 aliphatic rings. The normalized spacial score (nSPS) is 10.4. The van der Waals surface area contributed by atoms with Gasteiger partial charge in [-0.15, -0.1) is 20.4 Å². The number of thioether (sulfide) groups is 1. The number of ether oxygens (including phenoxy) is 1. The quantitative estimate of drug-likeness (QED) is 0.440. The van der Waals surface area contributed by atoms with E-state index in [9.17, 15) is 9.59 Å². The Kier molecular flexibility index (Phi) is 6.68. The van der Waals surface area contributed by atoms with Crippen molar-refractivity contribution >= 4 is 56.7 Å². The van der Waals surface area contributed by atoms with Crippen LogP contribution >= 0.6 is 34.4 Å². The van der Waals surface area contributed by atoms with Crippen molar-refractivity contribution in [1.29, 1.82) is 0 Å². The van der Waals surface area contributed by atoms with Gasteiger partial charge in [0.05, 0.1) is 5.75 Å². The van der Waals surface area contributed by atoms with Gasteiger partial charge in [0.2, 0.25) is 16.2 Å². The number of hydrogen-bond acceptors (Lipinski definition) is 10. The first-order valence-electron chi connectivity index (χ1n) is 7.62. The van der Waals surface area contributed by atoms with Crippen LogP contribution in [-0.4, -0.2) is 38.1 Å². The van der Waals surface area contributed by atoms with Crippen LogP contribution in [0.2, 0.25) is 0 Å². The number of carbonyl (C=O) groups is 2. The van der Waals surface area contributed by atoms with Gasteiger partial charge in [0.1, 0.15) is 11.6 Å². The summed E-state index contributed by atoms with van der Waals surface area (Å²) in [6, 6.07) is 9.35. The van der Waals surface area contributed by atoms with Crippen molar-refractivity contribution < 1.29 is 14.3 Å². The highest BCUT2D eigenvalue weighted by atomic mass is 32.2. The van der Waals surface area contributed by atoms with E-state index in [1.165, 1.54) is 23.1 Å². The fraction of sp³-hybridized carbons (Fsp3) is 0.200. The number of aryl methyl sites for hydroxylation is 1. The van der Waals surface area contributed by atoms with Gasteiger partial charge in [-0.2, -0.15) is 0 Å². The van der Waals surface area contributed by atoms with E-state index in [-0.39, 0.29) is 18.3 Å². The Morgan fingerprint density at radius 1 is 1.04 bits per heavy atom. The Morgan fingerprint density at radius 2 is 1.78 bits per heavy atom. The minimum absolute atomic E-state index is 0.145. The van der Waals surface area contributed by atoms with Crippen LogP contribution in [0.1, 0.15) is 10.6 Å². The average Bonchev–Trinajstić information content (AvgIpc) is 3.28. The topological polar surface area (TPSA) is 119 Å². The van der Waals surface area contributed by atoms with E-state index in [0.717, 1.165) is 21.9 Å². The predicted octanol–water partition coefficient (Wildman–Crippen LogP) is 3.18. The molecule has 1 aromatic carbocycles. The molecule has 0 saturated heterocycles. The van der Waals surface area contributed by atoms with Gasteiger partial charge >= 0.3 is 6.09 Å². The summed E-state index contributed by atoms with van der Waals surface area (Å²) in [5, 5.41) is 22.1. The van der Waals surface area contributed by atoms with Gasteiger partial charge in [-0.1, -0.05) is 64.8 Å². The van der Waals surface area contributed by atoms with Crippen molar-refractivity contribution in [3.05, 3.63) is 40.9 Å². The summed E-state index contributed by atoms with van der Waals surface area (Å²) >= 11 is 3.67. The maximum absolute atomic E-state index is 11.9. The Balaban J connectivity index is 1.41. The lowest BCUT2D eigenvalue weighted by Crippen LogP contribution is -2.13. The van der Waals surface area contributed by atoms with Crippen molar-refractivity contribution in [3.63, 3.8) is 0 Å². The molecule has 12 heteroatoms. The van der Waals surface area contributed by atoms with E-state index >= 15 is 0 Å². The third-order valence-electron chi connectivity index (χ3n) is 2.93. The van der Waals surface area contributed by atoms with Crippen LogP contribution < -0.4 is 10.6 Å². The molecule has 0 atom stereocenters. The molecule has 140 valence electrons. The fourth-order valence-electron chi connectivity index (χ4n) is 1.79. The van der Waals surface area contributed by atoms with E-state index in [1.807, 2.05) is 37.3 Å². The van der Waals surface area contributed by atoms with Crippen molar-refractivity contribution in [2.45, 2.75) is 17.9 Å². The van der Waals surface area contributed by atoms with Gasteiger partial charge in [-0.3, -0.25) is 15.4 Å². The van der Waals surface area contributed by atoms with Gasteiger partial charge in [-0.25, -0.2) is 4.79 Å². The van der Waals surface area contributed by atoms with E-state index in [2.05, 4.69) is 31.0 Å². The molecule has 0 unspecified atom stereocenters. The van der Waals surface area contributed by atoms with Crippen molar-refractivity contribution in [3.8, 4) is 0 Å². The average molecular weight is 423 g/mol. The van der Waals surface area contributed by atoms with Crippen LogP contribution in [0.5, 0.6) is 0 Å². The number of nitrogens with one attached hydrogen (secondary N) is 2. The SMILES string of the molecule is Cc1nnc(NC(=O)CSc2nnc(NC(=O)OCc3ccccc3)s2)s1. The van der Waals surface area contributed by atoms with Crippen molar-refractivity contribution in [2.24, 2.45) is 0 Å². The third kappa shape index (κ3) is 6.27. The lowest BCUT2D eigenvalue weighted by molar-refractivity contribution is -0.113. The number of aromatic nitrogens is 4. The van der Waals surface area contributed by atoms with Crippen LogP contribution in [-0.2, 0) is 16.1 Å². The molecule has 0 aliphatic heterocycles. The molecule has 0 aliphatic carbocycles. The highest BCUT2D eigenvalue weighted by Gasteiger charge is 2.12. The predicted molar refractivity (Wildman–Crippen MR) is 104 cm³/mol. The maximum atomic E-state index is 11.9. The standard InChI is InChI=1S/C15H14N6O3S3/c1-9-18-19-12(26-9)16-11(22)8-25-15-21-20-13(27-15)17-14(23)24-7-10-5-3-2-4-6-10/h2-6H,7-8H2,1H3,(H,16,19,22)(H,17,20,23). The van der Waals surface area contributed by atoms with Crippen LogP contribution in [0.25, 0.3) is 0 Å². The van der Waals surface area contributed by atoms with Gasteiger partial charge < -0.3 is 4.74 Å². The Hall–Kier alpha value is -2.57. The number of amides is 2. The van der Waals surface area contributed by atoms with Gasteiger partial charge in [0, 0.05) is 0 Å². The van der Waals surface area contributed by atoms with Crippen LogP contribution in [0.15, 0.2) is 34.7 Å². The molecule has 3 rings (SSSR count). The minimum atomic E-state index is -0.615. The summed E-state index contributed by atoms with van der Waals surface area (Å²) in [5.41, 5.74) is 0.887. The van der Waals surface area contributed by atoms with Crippen LogP contribution in [0.4, 0.5) is 15.1 Å². The second-order valence-corrected chi connectivity index (χ2v) is 8.40. The number of carbonyl (C=O) groups excluding carboxylic acids is 2. The number of hydrogen-bond donors (Lipinski definition) is 2. The monoisotopic (exact) mass is 422 g/mol. The molecule has 2 aromatic heterocycles. The smallest absolute Gasteiger partial charge is 0.413 e. The zero-order valence-corrected chi connectivity index (χ0v) is 16.5. The molecular weight excluding hydrogens is 408 g/mol. The Bertz CT molecular complexity index is 914. The molecule has 2 N–H and O–H groups in total. The third-order valence-corrected chi connectivity index (χ3v) is 5.65. The van der Waals surface area contributed by atoms with Gasteiger partial charge in [-0.05, 0) is 12.5 Å². The number of nitrogens with zero attached hydrogens (tertiary/aromatic N) is 4. The lowest BCUT2D eigenvalue weighted by Gasteiger charge is -2.04. The molecule has 0 saturated carbocycles. The summed E-state index contributed by atoms with van der Waals surface area (Å²) < 4.78 is 5.67. The molecule has 0 fully saturated rings. The first-order valence-corrected chi connectivity index (χ1v) is 10.2. The highest BCUT2D eigenvalue weighted by molar-refractivity contribution is 8.01. The molecule has 3 aromatic rings. The number of benzene rings is 1. The Morgan fingerprint density at radius 3 is 2.52 bits per heavy atom. The van der Waals surface area contributed by atoms with Crippen LogP contribution in [0.3, 0.4) is 0 Å². The van der Waals surface area contributed by atoms with Gasteiger partial charge in [0.15, 0.2) is 4.34 Å². The minimum Gasteiger partial charge on any atom is -0.444 e. The molecule has 0 bridgehead atoms. The van der Waals surface area contributed by atoms with Crippen LogP contribution in [0, 0.1) is 6.92 Å². The summed E-state index contributed by atoms with van der Waals surface area (Å²) in [6.45, 7) is 1.97. The van der Waals surface area contributed by atoms with Crippen molar-refractivity contribution in [1.82, 2.24) is 20.4 Å². The molecule has 0 radical (unpaired) electrons. The van der Waals surface area contributed by atoms with Crippen molar-refractivity contribution in [2.75, 3.05) is 16.4 Å². The molecule has 2 heterocycles. The summed E-state index contributed by atoms with van der Waals surface area (Å²) in [4.78, 5) is 23.7. The van der Waals surface area contributed by atoms with E-state index in [4.69, 9.17) is 4.74 Å². The van der Waals surface area contributed by atoms with E-state index in [0.29, 0.717) is 14.6 Å². The fourth-order valence-corrected chi connectivity index (χ4v) is 3.94. The zero-order chi connectivity index (χ0) is 19.1. The van der Waals surface area contributed by atoms with E-state index < -0.39 is 6.09 Å². The number of rotatable bonds is 7. The maximum Gasteiger partial charge on any atom is 0.413 e. The molecule has 0 spiro atoms. The summed E-state index contributed by atoms with van der Waals surface area (Å²) in [6.07, 6.45) is -0.615.